The normalized spacial score (nSPS) is 11.7. The Kier molecular flexibility index (Phi) is 5.93. The van der Waals surface area contributed by atoms with E-state index in [0.29, 0.717) is 22.0 Å². The van der Waals surface area contributed by atoms with Crippen LogP contribution in [0.15, 0.2) is 65.4 Å². The molecule has 1 atom stereocenters. The third-order valence-electron chi connectivity index (χ3n) is 3.86. The van der Waals surface area contributed by atoms with Crippen LogP contribution in [-0.4, -0.2) is 21.6 Å². The summed E-state index contributed by atoms with van der Waals surface area (Å²) in [5.41, 5.74) is 1.48. The van der Waals surface area contributed by atoms with Crippen LogP contribution in [0.2, 0.25) is 5.02 Å². The maximum atomic E-state index is 12.4. The maximum Gasteiger partial charge on any atom is 0.257 e. The van der Waals surface area contributed by atoms with Crippen LogP contribution >= 0.6 is 27.5 Å². The van der Waals surface area contributed by atoms with Crippen molar-refractivity contribution in [3.05, 3.63) is 76.0 Å². The predicted octanol–water partition coefficient (Wildman–Crippen LogP) is 4.75. The molecule has 0 spiro atoms. The van der Waals surface area contributed by atoms with E-state index < -0.39 is 6.04 Å². The quantitative estimate of drug-likeness (QED) is 0.592. The lowest BCUT2D eigenvalue weighted by Gasteiger charge is -2.14. The van der Waals surface area contributed by atoms with Crippen molar-refractivity contribution in [3.8, 4) is 0 Å². The Morgan fingerprint density at radius 1 is 1.11 bits per heavy atom. The molecule has 6 nitrogen and oxygen atoms in total. The average molecular weight is 448 g/mol. The zero-order valence-electron chi connectivity index (χ0n) is 14.3. The van der Waals surface area contributed by atoms with Crippen LogP contribution in [0.5, 0.6) is 0 Å². The number of carbonyl (C=O) groups is 2. The number of nitrogens with one attached hydrogen (secondary N) is 2. The lowest BCUT2D eigenvalue weighted by molar-refractivity contribution is -0.119. The number of rotatable bonds is 5. The summed E-state index contributed by atoms with van der Waals surface area (Å²) in [6.45, 7) is 1.75. The number of benzene rings is 2. The van der Waals surface area contributed by atoms with Gasteiger partial charge in [-0.15, -0.1) is 0 Å². The molecule has 0 saturated heterocycles. The summed E-state index contributed by atoms with van der Waals surface area (Å²) < 4.78 is 2.36. The van der Waals surface area contributed by atoms with Gasteiger partial charge >= 0.3 is 0 Å². The third kappa shape index (κ3) is 4.75. The highest BCUT2D eigenvalue weighted by Gasteiger charge is 2.16. The van der Waals surface area contributed by atoms with Gasteiger partial charge in [0, 0.05) is 28.2 Å². The van der Waals surface area contributed by atoms with Crippen LogP contribution in [0.3, 0.4) is 0 Å². The fourth-order valence-electron chi connectivity index (χ4n) is 2.42. The summed E-state index contributed by atoms with van der Waals surface area (Å²) in [4.78, 5) is 24.8. The van der Waals surface area contributed by atoms with Crippen molar-refractivity contribution in [3.63, 3.8) is 0 Å². The van der Waals surface area contributed by atoms with Crippen LogP contribution in [0.1, 0.15) is 23.3 Å². The van der Waals surface area contributed by atoms with Gasteiger partial charge in [-0.25, -0.2) is 0 Å². The molecule has 2 aromatic carbocycles. The van der Waals surface area contributed by atoms with Crippen molar-refractivity contribution in [2.75, 3.05) is 10.6 Å². The molecule has 0 fully saturated rings. The Bertz CT molecular complexity index is 976. The fourth-order valence-corrected chi connectivity index (χ4v) is 3.18. The monoisotopic (exact) mass is 446 g/mol. The number of nitrogens with zero attached hydrogens (tertiary/aromatic N) is 2. The van der Waals surface area contributed by atoms with Crippen molar-refractivity contribution < 1.29 is 9.59 Å². The molecular formula is C19H16BrClN4O2. The second kappa shape index (κ2) is 8.37. The standard InChI is InChI=1S/C19H16BrClN4O2/c1-12(25-9-3-8-22-25)18(26)23-14-4-2-5-15(11-14)24-19(27)16-7-6-13(20)10-17(16)21/h2-12H,1H3,(H,23,26)(H,24,27). The third-order valence-corrected chi connectivity index (χ3v) is 4.67. The first-order chi connectivity index (χ1) is 12.9. The molecular weight excluding hydrogens is 432 g/mol. The molecule has 3 aromatic rings. The molecule has 1 unspecified atom stereocenters. The highest BCUT2D eigenvalue weighted by atomic mass is 79.9. The van der Waals surface area contributed by atoms with Crippen molar-refractivity contribution in [1.82, 2.24) is 9.78 Å². The van der Waals surface area contributed by atoms with E-state index in [2.05, 4.69) is 31.7 Å². The van der Waals surface area contributed by atoms with Crippen LogP contribution in [0.4, 0.5) is 11.4 Å². The molecule has 1 heterocycles. The Morgan fingerprint density at radius 3 is 2.52 bits per heavy atom. The first-order valence-electron chi connectivity index (χ1n) is 8.10. The average Bonchev–Trinajstić information content (AvgIpc) is 3.15. The Labute approximate surface area is 169 Å². The molecule has 0 aliphatic carbocycles. The summed E-state index contributed by atoms with van der Waals surface area (Å²) in [7, 11) is 0. The zero-order valence-corrected chi connectivity index (χ0v) is 16.7. The van der Waals surface area contributed by atoms with Crippen LogP contribution < -0.4 is 10.6 Å². The molecule has 138 valence electrons. The molecule has 0 aliphatic rings. The molecule has 2 N–H and O–H groups in total. The maximum absolute atomic E-state index is 12.4. The first kappa shape index (κ1) is 19.1. The van der Waals surface area contributed by atoms with Crippen molar-refractivity contribution in [1.29, 1.82) is 0 Å². The molecule has 0 saturated carbocycles. The molecule has 0 radical (unpaired) electrons. The number of amides is 2. The highest BCUT2D eigenvalue weighted by Crippen LogP contribution is 2.23. The number of hydrogen-bond donors (Lipinski definition) is 2. The lowest BCUT2D eigenvalue weighted by Crippen LogP contribution is -2.24. The number of aromatic nitrogens is 2. The second-order valence-electron chi connectivity index (χ2n) is 5.81. The lowest BCUT2D eigenvalue weighted by atomic mass is 10.2. The summed E-state index contributed by atoms with van der Waals surface area (Å²) in [6.07, 6.45) is 3.34. The second-order valence-corrected chi connectivity index (χ2v) is 7.13. The van der Waals surface area contributed by atoms with Gasteiger partial charge < -0.3 is 10.6 Å². The minimum absolute atomic E-state index is 0.210. The van der Waals surface area contributed by atoms with Gasteiger partial charge in [-0.3, -0.25) is 14.3 Å². The predicted molar refractivity (Wildman–Crippen MR) is 109 cm³/mol. The number of halogens is 2. The summed E-state index contributed by atoms with van der Waals surface area (Å²) in [5, 5.41) is 10.0. The van der Waals surface area contributed by atoms with Gasteiger partial charge in [0.15, 0.2) is 0 Å². The van der Waals surface area contributed by atoms with Gasteiger partial charge in [-0.2, -0.15) is 5.10 Å². The number of anilines is 2. The van der Waals surface area contributed by atoms with E-state index in [1.165, 1.54) is 0 Å². The summed E-state index contributed by atoms with van der Waals surface area (Å²) in [6, 6.07) is 13.2. The van der Waals surface area contributed by atoms with E-state index in [1.807, 2.05) is 0 Å². The van der Waals surface area contributed by atoms with Gasteiger partial charge in [-0.1, -0.05) is 33.6 Å². The minimum Gasteiger partial charge on any atom is -0.324 e. The smallest absolute Gasteiger partial charge is 0.257 e. The molecule has 3 rings (SSSR count). The van der Waals surface area contributed by atoms with Gasteiger partial charge in [0.25, 0.3) is 5.91 Å². The Balaban J connectivity index is 1.70. The number of carbonyl (C=O) groups excluding carboxylic acids is 2. The van der Waals surface area contributed by atoms with Crippen molar-refractivity contribution in [2.45, 2.75) is 13.0 Å². The van der Waals surface area contributed by atoms with E-state index in [0.717, 1.165) is 4.47 Å². The highest BCUT2D eigenvalue weighted by molar-refractivity contribution is 9.10. The summed E-state index contributed by atoms with van der Waals surface area (Å²) >= 11 is 9.43. The van der Waals surface area contributed by atoms with E-state index >= 15 is 0 Å². The molecule has 8 heteroatoms. The minimum atomic E-state index is -0.459. The summed E-state index contributed by atoms with van der Waals surface area (Å²) in [5.74, 6) is -0.543. The van der Waals surface area contributed by atoms with E-state index in [1.54, 1.807) is 72.5 Å². The largest absolute Gasteiger partial charge is 0.324 e. The first-order valence-corrected chi connectivity index (χ1v) is 9.27. The van der Waals surface area contributed by atoms with Crippen molar-refractivity contribution in [2.24, 2.45) is 0 Å². The topological polar surface area (TPSA) is 76.0 Å². The fraction of sp³-hybridized carbons (Fsp3) is 0.105. The van der Waals surface area contributed by atoms with Gasteiger partial charge in [-0.05, 0) is 49.4 Å². The van der Waals surface area contributed by atoms with Gasteiger partial charge in [0.05, 0.1) is 10.6 Å². The number of hydrogen-bond acceptors (Lipinski definition) is 3. The van der Waals surface area contributed by atoms with Crippen LogP contribution in [-0.2, 0) is 4.79 Å². The Hall–Kier alpha value is -2.64. The van der Waals surface area contributed by atoms with Crippen LogP contribution in [0.25, 0.3) is 0 Å². The van der Waals surface area contributed by atoms with E-state index in [-0.39, 0.29) is 11.8 Å². The SMILES string of the molecule is CC(C(=O)Nc1cccc(NC(=O)c2ccc(Br)cc2Cl)c1)n1cccn1. The molecule has 0 aliphatic heterocycles. The zero-order chi connectivity index (χ0) is 19.4. The molecule has 2 amide bonds. The van der Waals surface area contributed by atoms with Gasteiger partial charge in [0.2, 0.25) is 5.91 Å². The van der Waals surface area contributed by atoms with Crippen LogP contribution in [0, 0.1) is 0 Å². The molecule has 0 bridgehead atoms. The molecule has 27 heavy (non-hydrogen) atoms. The van der Waals surface area contributed by atoms with E-state index in [4.69, 9.17) is 11.6 Å². The van der Waals surface area contributed by atoms with E-state index in [9.17, 15) is 9.59 Å². The molecule has 1 aromatic heterocycles. The van der Waals surface area contributed by atoms with Crippen molar-refractivity contribution >= 4 is 50.7 Å². The Morgan fingerprint density at radius 2 is 1.85 bits per heavy atom. The van der Waals surface area contributed by atoms with Gasteiger partial charge in [0.1, 0.15) is 6.04 Å².